The second kappa shape index (κ2) is 10.5. The van der Waals surface area contributed by atoms with Gasteiger partial charge in [0.25, 0.3) is 0 Å². The number of hydrogen-bond donors (Lipinski definition) is 0. The summed E-state index contributed by atoms with van der Waals surface area (Å²) in [7, 11) is 0. The fraction of sp³-hybridized carbons (Fsp3) is 0.833. The first-order valence-electron chi connectivity index (χ1n) is 5.98. The van der Waals surface area contributed by atoms with Gasteiger partial charge in [0, 0.05) is 0 Å². The Balaban J connectivity index is 3.48. The van der Waals surface area contributed by atoms with Gasteiger partial charge >= 0.3 is 0 Å². The van der Waals surface area contributed by atoms with Gasteiger partial charge in [-0.3, -0.25) is 9.59 Å². The third kappa shape index (κ3) is 8.45. The van der Waals surface area contributed by atoms with Crippen LogP contribution in [0.4, 0.5) is 0 Å². The zero-order valence-electron chi connectivity index (χ0n) is 9.81. The fourth-order valence-electron chi connectivity index (χ4n) is 1.62. The molecule has 0 aliphatic carbocycles. The van der Waals surface area contributed by atoms with Crippen molar-refractivity contribution in [3.05, 3.63) is 0 Å². The summed E-state index contributed by atoms with van der Waals surface area (Å²) in [4.78, 5) is 22.1. The Hall–Kier alpha value is 0.300. The second-order valence-electron chi connectivity index (χ2n) is 4.07. The van der Waals surface area contributed by atoms with Crippen molar-refractivity contribution in [3.63, 3.8) is 0 Å². The van der Waals surface area contributed by atoms with Gasteiger partial charge in [0.2, 0.25) is 9.39 Å². The second-order valence-corrected chi connectivity index (χ2v) is 5.63. The lowest BCUT2D eigenvalue weighted by atomic mass is 10.0. The molecule has 0 unspecified atom stereocenters. The Labute approximate surface area is 115 Å². The lowest BCUT2D eigenvalue weighted by Crippen LogP contribution is -2.15. The SMILES string of the molecule is CCCCCCCCCC(C(=O)Br)C(=O)Br. The highest BCUT2D eigenvalue weighted by Gasteiger charge is 2.21. The van der Waals surface area contributed by atoms with Crippen molar-refractivity contribution in [2.75, 3.05) is 0 Å². The van der Waals surface area contributed by atoms with E-state index in [9.17, 15) is 9.59 Å². The molecule has 0 atom stereocenters. The van der Waals surface area contributed by atoms with Gasteiger partial charge < -0.3 is 0 Å². The standard InChI is InChI=1S/C12H20Br2O2/c1-2-3-4-5-6-7-8-9-10(11(13)15)12(14)16/h10H,2-9H2,1H3. The van der Waals surface area contributed by atoms with Crippen LogP contribution in [-0.2, 0) is 9.59 Å². The molecule has 0 aromatic heterocycles. The van der Waals surface area contributed by atoms with E-state index in [0.29, 0.717) is 6.42 Å². The zero-order chi connectivity index (χ0) is 12.4. The summed E-state index contributed by atoms with van der Waals surface area (Å²) < 4.78 is -0.416. The molecule has 0 aliphatic rings. The molecule has 0 aromatic rings. The molecule has 4 heteroatoms. The van der Waals surface area contributed by atoms with E-state index in [-0.39, 0.29) is 9.39 Å². The monoisotopic (exact) mass is 354 g/mol. The fourth-order valence-corrected chi connectivity index (χ4v) is 2.80. The molecule has 0 spiro atoms. The van der Waals surface area contributed by atoms with Crippen LogP contribution < -0.4 is 0 Å². The van der Waals surface area contributed by atoms with Gasteiger partial charge in [0.05, 0.1) is 5.92 Å². The van der Waals surface area contributed by atoms with Crippen molar-refractivity contribution < 1.29 is 9.59 Å². The summed E-state index contributed by atoms with van der Waals surface area (Å²) in [6.07, 6.45) is 9.06. The highest BCUT2D eigenvalue weighted by atomic mass is 79.9. The van der Waals surface area contributed by atoms with Crippen LogP contribution in [0.25, 0.3) is 0 Å². The number of rotatable bonds is 10. The normalized spacial score (nSPS) is 10.8. The first kappa shape index (κ1) is 16.3. The van der Waals surface area contributed by atoms with E-state index >= 15 is 0 Å². The van der Waals surface area contributed by atoms with Gasteiger partial charge in [-0.1, -0.05) is 51.9 Å². The molecule has 0 amide bonds. The molecule has 0 heterocycles. The van der Waals surface area contributed by atoms with Crippen molar-refractivity contribution >= 4 is 41.2 Å². The van der Waals surface area contributed by atoms with Gasteiger partial charge in [-0.25, -0.2) is 0 Å². The molecule has 94 valence electrons. The lowest BCUT2D eigenvalue weighted by molar-refractivity contribution is -0.122. The van der Waals surface area contributed by atoms with Gasteiger partial charge in [-0.2, -0.15) is 0 Å². The molecule has 0 fully saturated rings. The number of hydrogen-bond acceptors (Lipinski definition) is 2. The topological polar surface area (TPSA) is 34.1 Å². The van der Waals surface area contributed by atoms with Crippen LogP contribution in [0.5, 0.6) is 0 Å². The Morgan fingerprint density at radius 1 is 0.875 bits per heavy atom. The van der Waals surface area contributed by atoms with E-state index < -0.39 is 5.92 Å². The van der Waals surface area contributed by atoms with E-state index in [4.69, 9.17) is 0 Å². The Bertz CT molecular complexity index is 203. The third-order valence-electron chi connectivity index (χ3n) is 2.64. The molecule has 0 saturated heterocycles. The minimum Gasteiger partial charge on any atom is -0.286 e. The number of unbranched alkanes of at least 4 members (excludes halogenated alkanes) is 6. The molecule has 0 aromatic carbocycles. The predicted octanol–water partition coefficient (Wildman–Crippen LogP) is 4.59. The minimum absolute atomic E-state index is 0.208. The van der Waals surface area contributed by atoms with Crippen molar-refractivity contribution in [3.8, 4) is 0 Å². The average molecular weight is 356 g/mol. The molecular formula is C12H20Br2O2. The average Bonchev–Trinajstić information content (AvgIpc) is 2.21. The van der Waals surface area contributed by atoms with Crippen molar-refractivity contribution in [1.29, 1.82) is 0 Å². The van der Waals surface area contributed by atoms with E-state index in [1.165, 1.54) is 32.1 Å². The zero-order valence-corrected chi connectivity index (χ0v) is 13.0. The van der Waals surface area contributed by atoms with Crippen LogP contribution in [0.1, 0.15) is 58.3 Å². The summed E-state index contributed by atoms with van der Waals surface area (Å²) >= 11 is 5.71. The van der Waals surface area contributed by atoms with Crippen LogP contribution in [0.3, 0.4) is 0 Å². The summed E-state index contributed by atoms with van der Waals surface area (Å²) in [5, 5.41) is 0. The molecule has 2 nitrogen and oxygen atoms in total. The summed E-state index contributed by atoms with van der Waals surface area (Å²) in [5.74, 6) is -0.504. The van der Waals surface area contributed by atoms with Crippen LogP contribution in [0, 0.1) is 5.92 Å². The van der Waals surface area contributed by atoms with Crippen LogP contribution in [0.15, 0.2) is 0 Å². The van der Waals surface area contributed by atoms with Gasteiger partial charge in [-0.15, -0.1) is 0 Å². The quantitative estimate of drug-likeness (QED) is 0.326. The molecule has 0 saturated carbocycles. The Morgan fingerprint density at radius 3 is 1.75 bits per heavy atom. The first-order chi connectivity index (χ1) is 7.59. The van der Waals surface area contributed by atoms with Gasteiger partial charge in [-0.05, 0) is 38.3 Å². The Kier molecular flexibility index (Phi) is 10.6. The summed E-state index contributed by atoms with van der Waals surface area (Å²) in [6.45, 7) is 2.20. The van der Waals surface area contributed by atoms with Crippen LogP contribution in [-0.4, -0.2) is 9.39 Å². The number of halogens is 2. The smallest absolute Gasteiger partial charge is 0.209 e. The van der Waals surface area contributed by atoms with E-state index in [0.717, 1.165) is 12.8 Å². The molecule has 0 rings (SSSR count). The maximum atomic E-state index is 11.1. The minimum atomic E-state index is -0.504. The highest BCUT2D eigenvalue weighted by Crippen LogP contribution is 2.18. The molecule has 16 heavy (non-hydrogen) atoms. The van der Waals surface area contributed by atoms with E-state index in [1.807, 2.05) is 0 Å². The lowest BCUT2D eigenvalue weighted by Gasteiger charge is -2.07. The molecule has 0 N–H and O–H groups in total. The van der Waals surface area contributed by atoms with Crippen LogP contribution in [0.2, 0.25) is 0 Å². The third-order valence-corrected chi connectivity index (χ3v) is 3.75. The Morgan fingerprint density at radius 2 is 1.31 bits per heavy atom. The van der Waals surface area contributed by atoms with Crippen molar-refractivity contribution in [2.24, 2.45) is 5.92 Å². The first-order valence-corrected chi connectivity index (χ1v) is 7.56. The van der Waals surface area contributed by atoms with Gasteiger partial charge in [0.15, 0.2) is 0 Å². The molecule has 0 bridgehead atoms. The molecular weight excluding hydrogens is 336 g/mol. The van der Waals surface area contributed by atoms with E-state index in [1.54, 1.807) is 0 Å². The predicted molar refractivity (Wildman–Crippen MR) is 74.0 cm³/mol. The summed E-state index contributed by atoms with van der Waals surface area (Å²) in [5.41, 5.74) is 0. The maximum Gasteiger partial charge on any atom is 0.209 e. The van der Waals surface area contributed by atoms with Crippen LogP contribution >= 0.6 is 31.9 Å². The summed E-state index contributed by atoms with van der Waals surface area (Å²) in [6, 6.07) is 0. The van der Waals surface area contributed by atoms with E-state index in [2.05, 4.69) is 38.8 Å². The maximum absolute atomic E-state index is 11.1. The van der Waals surface area contributed by atoms with Crippen molar-refractivity contribution in [2.45, 2.75) is 58.3 Å². The number of carbonyl (C=O) groups excluding carboxylic acids is 2. The van der Waals surface area contributed by atoms with Crippen molar-refractivity contribution in [1.82, 2.24) is 0 Å². The largest absolute Gasteiger partial charge is 0.286 e. The highest BCUT2D eigenvalue weighted by molar-refractivity contribution is 9.19. The number of carbonyl (C=O) groups is 2. The van der Waals surface area contributed by atoms with Gasteiger partial charge in [0.1, 0.15) is 0 Å². The molecule has 0 radical (unpaired) electrons. The molecule has 0 aliphatic heterocycles.